The van der Waals surface area contributed by atoms with Gasteiger partial charge in [0.15, 0.2) is 0 Å². The summed E-state index contributed by atoms with van der Waals surface area (Å²) in [4.78, 5) is 35.5. The molecule has 2 heterocycles. The van der Waals surface area contributed by atoms with Crippen LogP contribution in [0.3, 0.4) is 0 Å². The van der Waals surface area contributed by atoms with Crippen LogP contribution < -0.4 is 22.5 Å². The van der Waals surface area contributed by atoms with Crippen LogP contribution in [0, 0.1) is 0 Å². The standard InChI is InChI=1S/C32H41N7O3/c33-15-1-17-38(18-2-16-34)20-22-3-11-27(12-4-22)39-21-25-19-29(36-30(25)37-32(39)42)23-5-7-24(8-6-23)31(41)35-26-9-13-28(40)14-10-26/h3-8,11-12,19,21,26,28,40H,1-2,9-10,13-18,20,33-34H2,(H,35,41)(H,36,37,42)/t26-,28-. The zero-order valence-corrected chi connectivity index (χ0v) is 24.0. The Morgan fingerprint density at radius 1 is 1.00 bits per heavy atom. The number of rotatable bonds is 12. The molecule has 0 spiro atoms. The van der Waals surface area contributed by atoms with Crippen LogP contribution in [-0.2, 0) is 6.54 Å². The van der Waals surface area contributed by atoms with E-state index in [4.69, 9.17) is 11.5 Å². The summed E-state index contributed by atoms with van der Waals surface area (Å²) < 4.78 is 1.56. The number of aromatic amines is 1. The molecule has 0 bridgehead atoms. The highest BCUT2D eigenvalue weighted by molar-refractivity contribution is 5.95. The number of aromatic nitrogens is 3. The molecule has 1 saturated carbocycles. The fourth-order valence-electron chi connectivity index (χ4n) is 5.54. The molecule has 0 radical (unpaired) electrons. The molecular weight excluding hydrogens is 530 g/mol. The molecule has 0 aliphatic heterocycles. The molecule has 2 aromatic carbocycles. The number of aliphatic hydroxyl groups excluding tert-OH is 1. The Hall–Kier alpha value is -3.83. The van der Waals surface area contributed by atoms with Gasteiger partial charge in [0.1, 0.15) is 5.65 Å². The molecule has 10 nitrogen and oxygen atoms in total. The number of benzene rings is 2. The molecule has 1 fully saturated rings. The number of nitrogens with one attached hydrogen (secondary N) is 2. The largest absolute Gasteiger partial charge is 0.393 e. The number of hydrogen-bond donors (Lipinski definition) is 5. The van der Waals surface area contributed by atoms with Crippen molar-refractivity contribution in [3.05, 3.63) is 82.4 Å². The van der Waals surface area contributed by atoms with E-state index in [1.54, 1.807) is 22.9 Å². The summed E-state index contributed by atoms with van der Waals surface area (Å²) in [6, 6.07) is 17.4. The minimum atomic E-state index is -0.363. The Morgan fingerprint density at radius 3 is 2.31 bits per heavy atom. The van der Waals surface area contributed by atoms with Gasteiger partial charge in [0.05, 0.1) is 11.8 Å². The van der Waals surface area contributed by atoms with E-state index in [0.717, 1.165) is 86.1 Å². The molecule has 0 unspecified atom stereocenters. The maximum absolute atomic E-state index is 12.9. The first kappa shape index (κ1) is 29.7. The molecule has 1 amide bonds. The van der Waals surface area contributed by atoms with Crippen molar-refractivity contribution in [2.75, 3.05) is 26.2 Å². The first-order chi connectivity index (χ1) is 20.4. The van der Waals surface area contributed by atoms with E-state index in [1.165, 1.54) is 0 Å². The van der Waals surface area contributed by atoms with Crippen molar-refractivity contribution >= 4 is 16.9 Å². The quantitative estimate of drug-likeness (QED) is 0.175. The van der Waals surface area contributed by atoms with Gasteiger partial charge in [0.25, 0.3) is 5.91 Å². The van der Waals surface area contributed by atoms with Gasteiger partial charge in [-0.25, -0.2) is 4.79 Å². The number of nitrogens with zero attached hydrogens (tertiary/aromatic N) is 3. The number of amides is 1. The average molecular weight is 572 g/mol. The molecule has 7 N–H and O–H groups in total. The summed E-state index contributed by atoms with van der Waals surface area (Å²) in [5.41, 5.74) is 15.8. The van der Waals surface area contributed by atoms with Gasteiger partial charge >= 0.3 is 5.69 Å². The third-order valence-corrected chi connectivity index (χ3v) is 7.98. The SMILES string of the molecule is NCCCN(CCCN)Cc1ccc(-n2cc3cc(-c4ccc(C(=O)N[C@H]5CC[C@H](O)CC5)cc4)[nH]c3nc2=O)cc1. The van der Waals surface area contributed by atoms with Crippen molar-refractivity contribution < 1.29 is 9.90 Å². The van der Waals surface area contributed by atoms with Crippen molar-refractivity contribution in [1.29, 1.82) is 0 Å². The van der Waals surface area contributed by atoms with E-state index in [0.29, 0.717) is 24.3 Å². The number of hydrogen-bond acceptors (Lipinski definition) is 7. The van der Waals surface area contributed by atoms with Gasteiger partial charge < -0.3 is 26.9 Å². The second-order valence-electron chi connectivity index (χ2n) is 11.2. The molecule has 1 aliphatic rings. The number of carbonyl (C=O) groups excluding carboxylic acids is 1. The Bertz CT molecular complexity index is 1510. The van der Waals surface area contributed by atoms with E-state index in [9.17, 15) is 14.7 Å². The highest BCUT2D eigenvalue weighted by atomic mass is 16.3. The lowest BCUT2D eigenvalue weighted by atomic mass is 9.93. The zero-order chi connectivity index (χ0) is 29.5. The number of aliphatic hydroxyl groups is 1. The fraction of sp³-hybridized carbons (Fsp3) is 0.406. The van der Waals surface area contributed by atoms with Gasteiger partial charge in [-0.05, 0) is 106 Å². The lowest BCUT2D eigenvalue weighted by molar-refractivity contribution is 0.0867. The van der Waals surface area contributed by atoms with Gasteiger partial charge in [-0.15, -0.1) is 0 Å². The molecule has 1 aliphatic carbocycles. The van der Waals surface area contributed by atoms with Gasteiger partial charge in [-0.1, -0.05) is 24.3 Å². The smallest absolute Gasteiger partial charge is 0.354 e. The van der Waals surface area contributed by atoms with E-state index in [-0.39, 0.29) is 23.7 Å². The summed E-state index contributed by atoms with van der Waals surface area (Å²) >= 11 is 0. The monoisotopic (exact) mass is 571 g/mol. The van der Waals surface area contributed by atoms with Crippen LogP contribution in [0.2, 0.25) is 0 Å². The Kier molecular flexibility index (Phi) is 9.81. The van der Waals surface area contributed by atoms with E-state index in [1.807, 2.05) is 42.5 Å². The van der Waals surface area contributed by atoms with Crippen LogP contribution in [0.4, 0.5) is 0 Å². The number of H-pyrrole nitrogens is 1. The van der Waals surface area contributed by atoms with Crippen molar-refractivity contribution in [2.24, 2.45) is 11.5 Å². The zero-order valence-electron chi connectivity index (χ0n) is 24.0. The van der Waals surface area contributed by atoms with Crippen LogP contribution in [-0.4, -0.2) is 68.8 Å². The van der Waals surface area contributed by atoms with E-state index < -0.39 is 0 Å². The van der Waals surface area contributed by atoms with Crippen molar-refractivity contribution in [2.45, 2.75) is 57.2 Å². The Balaban J connectivity index is 1.28. The minimum absolute atomic E-state index is 0.0990. The average Bonchev–Trinajstić information content (AvgIpc) is 3.42. The molecule has 4 aromatic rings. The number of carbonyl (C=O) groups is 1. The molecule has 10 heteroatoms. The first-order valence-electron chi connectivity index (χ1n) is 14.9. The molecule has 2 aromatic heterocycles. The topological polar surface area (TPSA) is 155 Å². The summed E-state index contributed by atoms with van der Waals surface area (Å²) in [5, 5.41) is 13.6. The third-order valence-electron chi connectivity index (χ3n) is 7.98. The van der Waals surface area contributed by atoms with Crippen molar-refractivity contribution in [1.82, 2.24) is 24.8 Å². The van der Waals surface area contributed by atoms with Gasteiger partial charge in [-0.2, -0.15) is 4.98 Å². The molecular formula is C32H41N7O3. The predicted octanol–water partition coefficient (Wildman–Crippen LogP) is 2.91. The lowest BCUT2D eigenvalue weighted by Gasteiger charge is -2.26. The number of nitrogens with two attached hydrogens (primary N) is 2. The fourth-order valence-corrected chi connectivity index (χ4v) is 5.54. The van der Waals surface area contributed by atoms with Crippen LogP contribution in [0.25, 0.3) is 28.0 Å². The summed E-state index contributed by atoms with van der Waals surface area (Å²) in [6.45, 7) is 3.98. The summed E-state index contributed by atoms with van der Waals surface area (Å²) in [6.07, 6.45) is 6.46. The predicted molar refractivity (Wildman–Crippen MR) is 165 cm³/mol. The highest BCUT2D eigenvalue weighted by Crippen LogP contribution is 2.24. The van der Waals surface area contributed by atoms with Crippen molar-refractivity contribution in [3.8, 4) is 16.9 Å². The first-order valence-corrected chi connectivity index (χ1v) is 14.9. The second-order valence-corrected chi connectivity index (χ2v) is 11.2. The van der Waals surface area contributed by atoms with Gasteiger partial charge in [0, 0.05) is 35.4 Å². The lowest BCUT2D eigenvalue weighted by Crippen LogP contribution is -2.38. The Morgan fingerprint density at radius 2 is 1.67 bits per heavy atom. The van der Waals surface area contributed by atoms with Crippen LogP contribution in [0.1, 0.15) is 54.4 Å². The normalized spacial score (nSPS) is 17.1. The minimum Gasteiger partial charge on any atom is -0.393 e. The summed E-state index contributed by atoms with van der Waals surface area (Å²) in [5.74, 6) is -0.108. The third kappa shape index (κ3) is 7.32. The second kappa shape index (κ2) is 13.9. The van der Waals surface area contributed by atoms with Crippen molar-refractivity contribution in [3.63, 3.8) is 0 Å². The number of fused-ring (bicyclic) bond motifs is 1. The van der Waals surface area contributed by atoms with Gasteiger partial charge in [0.2, 0.25) is 0 Å². The van der Waals surface area contributed by atoms with Crippen LogP contribution in [0.15, 0.2) is 65.6 Å². The van der Waals surface area contributed by atoms with E-state index in [2.05, 4.69) is 20.2 Å². The van der Waals surface area contributed by atoms with E-state index >= 15 is 0 Å². The summed E-state index contributed by atoms with van der Waals surface area (Å²) in [7, 11) is 0. The van der Waals surface area contributed by atoms with Gasteiger partial charge in [-0.3, -0.25) is 14.3 Å². The highest BCUT2D eigenvalue weighted by Gasteiger charge is 2.21. The molecule has 5 rings (SSSR count). The molecule has 0 atom stereocenters. The molecule has 42 heavy (non-hydrogen) atoms. The van der Waals surface area contributed by atoms with Crippen LogP contribution >= 0.6 is 0 Å². The van der Waals surface area contributed by atoms with Crippen LogP contribution in [0.5, 0.6) is 0 Å². The maximum Gasteiger partial charge on any atom is 0.354 e. The molecule has 222 valence electrons. The Labute approximate surface area is 245 Å². The maximum atomic E-state index is 12.9. The molecule has 0 saturated heterocycles.